The Balaban J connectivity index is 1.69. The molecular weight excluding hydrogens is 596 g/mol. The molecular formula is C29H27BrN4O5S. The van der Waals surface area contributed by atoms with Gasteiger partial charge >= 0.3 is 0 Å². The highest BCUT2D eigenvalue weighted by Gasteiger charge is 2.29. The van der Waals surface area contributed by atoms with E-state index in [0.29, 0.717) is 39.4 Å². The molecule has 1 atom stereocenters. The third-order valence-electron chi connectivity index (χ3n) is 5.89. The highest BCUT2D eigenvalue weighted by atomic mass is 79.9. The van der Waals surface area contributed by atoms with Crippen LogP contribution in [0.4, 0.5) is 5.69 Å². The first-order valence-electron chi connectivity index (χ1n) is 12.0. The number of nitrogens with two attached hydrogens (primary N) is 1. The Bertz CT molecular complexity index is 1600. The van der Waals surface area contributed by atoms with Crippen LogP contribution < -0.4 is 25.2 Å². The maximum atomic E-state index is 13.6. The molecule has 0 radical (unpaired) electrons. The third-order valence-corrected chi connectivity index (χ3v) is 7.94. The Hall–Kier alpha value is -4.35. The number of benzene rings is 4. The van der Waals surface area contributed by atoms with Crippen molar-refractivity contribution in [3.63, 3.8) is 0 Å². The van der Waals surface area contributed by atoms with E-state index in [1.165, 1.54) is 19.2 Å². The van der Waals surface area contributed by atoms with Crippen molar-refractivity contribution in [1.29, 1.82) is 5.41 Å². The van der Waals surface area contributed by atoms with Gasteiger partial charge in [0.25, 0.3) is 15.9 Å². The average molecular weight is 624 g/mol. The van der Waals surface area contributed by atoms with Crippen LogP contribution in [0.3, 0.4) is 0 Å². The number of carbonyl (C=O) groups is 1. The Morgan fingerprint density at radius 2 is 1.57 bits per heavy atom. The molecule has 4 aromatic carbocycles. The van der Waals surface area contributed by atoms with Crippen LogP contribution in [0, 0.1) is 5.41 Å². The van der Waals surface area contributed by atoms with E-state index in [4.69, 9.17) is 20.6 Å². The summed E-state index contributed by atoms with van der Waals surface area (Å²) in [5.74, 6) is -0.135. The number of hydrogen-bond acceptors (Lipinski definition) is 7. The van der Waals surface area contributed by atoms with Gasteiger partial charge in [-0.3, -0.25) is 10.2 Å². The van der Waals surface area contributed by atoms with Gasteiger partial charge in [-0.15, -0.1) is 0 Å². The zero-order valence-corrected chi connectivity index (χ0v) is 23.8. The molecule has 0 heterocycles. The third kappa shape index (κ3) is 6.99. The maximum Gasteiger partial charge on any atom is 0.264 e. The van der Waals surface area contributed by atoms with E-state index >= 15 is 0 Å². The fraction of sp³-hybridized carbons (Fsp3) is 0.103. The molecule has 0 aliphatic rings. The highest BCUT2D eigenvalue weighted by Crippen LogP contribution is 2.38. The summed E-state index contributed by atoms with van der Waals surface area (Å²) in [6, 6.07) is 25.9. The Morgan fingerprint density at radius 3 is 2.17 bits per heavy atom. The van der Waals surface area contributed by atoms with E-state index in [2.05, 4.69) is 26.0 Å². The van der Waals surface area contributed by atoms with Gasteiger partial charge in [0, 0.05) is 21.3 Å². The highest BCUT2D eigenvalue weighted by molar-refractivity contribution is 9.10. The number of amides is 1. The van der Waals surface area contributed by atoms with Gasteiger partial charge in [-0.1, -0.05) is 64.5 Å². The predicted molar refractivity (Wildman–Crippen MR) is 157 cm³/mol. The smallest absolute Gasteiger partial charge is 0.264 e. The molecule has 0 aliphatic heterocycles. The lowest BCUT2D eigenvalue weighted by Gasteiger charge is -2.23. The minimum absolute atomic E-state index is 0.0470. The Kier molecular flexibility index (Phi) is 9.08. The van der Waals surface area contributed by atoms with E-state index in [9.17, 15) is 13.2 Å². The van der Waals surface area contributed by atoms with Crippen molar-refractivity contribution in [3.05, 3.63) is 118 Å². The van der Waals surface area contributed by atoms with Crippen LogP contribution in [0.2, 0.25) is 0 Å². The fourth-order valence-electron chi connectivity index (χ4n) is 3.83. The average Bonchev–Trinajstić information content (AvgIpc) is 2.96. The summed E-state index contributed by atoms with van der Waals surface area (Å²) in [4.78, 5) is 13.5. The summed E-state index contributed by atoms with van der Waals surface area (Å²) in [6.45, 7) is 0.295. The van der Waals surface area contributed by atoms with Crippen molar-refractivity contribution >= 4 is 43.4 Å². The summed E-state index contributed by atoms with van der Waals surface area (Å²) < 4.78 is 40.2. The summed E-state index contributed by atoms with van der Waals surface area (Å²) in [6.07, 6.45) is 0. The number of rotatable bonds is 11. The lowest BCUT2D eigenvalue weighted by atomic mass is 10.0. The first-order chi connectivity index (χ1) is 19.2. The van der Waals surface area contributed by atoms with E-state index in [0.717, 1.165) is 5.56 Å². The van der Waals surface area contributed by atoms with Crippen LogP contribution >= 0.6 is 15.9 Å². The van der Waals surface area contributed by atoms with Crippen molar-refractivity contribution < 1.29 is 22.7 Å². The molecule has 1 unspecified atom stereocenters. The van der Waals surface area contributed by atoms with Gasteiger partial charge < -0.3 is 20.5 Å². The monoisotopic (exact) mass is 622 g/mol. The molecule has 206 valence electrons. The largest absolute Gasteiger partial charge is 0.493 e. The number of nitrogens with one attached hydrogen (secondary N) is 3. The summed E-state index contributed by atoms with van der Waals surface area (Å²) in [7, 11) is -2.68. The van der Waals surface area contributed by atoms with Crippen LogP contribution in [-0.2, 0) is 21.4 Å². The Labute approximate surface area is 241 Å². The molecule has 0 aliphatic carbocycles. The van der Waals surface area contributed by atoms with Crippen molar-refractivity contribution in [3.8, 4) is 11.5 Å². The number of halogens is 1. The summed E-state index contributed by atoms with van der Waals surface area (Å²) >= 11 is 3.52. The van der Waals surface area contributed by atoms with Gasteiger partial charge in [-0.25, -0.2) is 13.1 Å². The van der Waals surface area contributed by atoms with Gasteiger partial charge in [0.2, 0.25) is 0 Å². The minimum Gasteiger partial charge on any atom is -0.493 e. The zero-order valence-electron chi connectivity index (χ0n) is 21.4. The molecule has 40 heavy (non-hydrogen) atoms. The van der Waals surface area contributed by atoms with Gasteiger partial charge in [-0.05, 0) is 54.1 Å². The molecule has 0 fully saturated rings. The van der Waals surface area contributed by atoms with Crippen molar-refractivity contribution in [1.82, 2.24) is 4.72 Å². The van der Waals surface area contributed by atoms with Gasteiger partial charge in [-0.2, -0.15) is 0 Å². The lowest BCUT2D eigenvalue weighted by molar-refractivity contribution is -0.120. The van der Waals surface area contributed by atoms with E-state index in [1.54, 1.807) is 54.6 Å². The van der Waals surface area contributed by atoms with Gasteiger partial charge in [0.05, 0.1) is 12.0 Å². The molecule has 0 saturated heterocycles. The minimum atomic E-state index is -4.15. The van der Waals surface area contributed by atoms with E-state index in [-0.39, 0.29) is 10.7 Å². The van der Waals surface area contributed by atoms with Crippen LogP contribution in [0.5, 0.6) is 11.5 Å². The normalized spacial score (nSPS) is 11.8. The van der Waals surface area contributed by atoms with Gasteiger partial charge in [0.1, 0.15) is 18.5 Å². The first kappa shape index (κ1) is 28.7. The number of carbonyl (C=O) groups excluding carboxylic acids is 1. The predicted octanol–water partition coefficient (Wildman–Crippen LogP) is 4.98. The standard InChI is InChI=1S/C29H27BrN4O5S/c1-38-25-16-23(24(30)17-26(25)39-18-19-8-4-2-5-9-19)27(33-21-14-12-20(13-15-21)28(31)32)29(35)34-40(36,37)22-10-6-3-7-11-22/h2-17,27,33H,18H2,1H3,(H3,31,32)(H,34,35). The molecule has 4 aromatic rings. The number of ether oxygens (including phenoxy) is 2. The SMILES string of the molecule is COc1cc(C(Nc2ccc(C(=N)N)cc2)C(=O)NS(=O)(=O)c2ccccc2)c(Br)cc1OCc1ccccc1. The molecule has 0 aromatic heterocycles. The molecule has 4 rings (SSSR count). The van der Waals surface area contributed by atoms with Crippen molar-refractivity contribution in [2.24, 2.45) is 5.73 Å². The topological polar surface area (TPSA) is 144 Å². The van der Waals surface area contributed by atoms with Crippen molar-refractivity contribution in [2.45, 2.75) is 17.5 Å². The second kappa shape index (κ2) is 12.7. The summed E-state index contributed by atoms with van der Waals surface area (Å²) in [5.41, 5.74) is 7.92. The second-order valence-electron chi connectivity index (χ2n) is 8.65. The number of nitrogen functional groups attached to an aromatic ring is 1. The van der Waals surface area contributed by atoms with E-state index < -0.39 is 22.0 Å². The van der Waals surface area contributed by atoms with Crippen LogP contribution in [0.25, 0.3) is 0 Å². The number of sulfonamides is 1. The van der Waals surface area contributed by atoms with Crippen LogP contribution in [-0.4, -0.2) is 27.3 Å². The molecule has 11 heteroatoms. The van der Waals surface area contributed by atoms with Crippen LogP contribution in [0.15, 0.2) is 106 Å². The first-order valence-corrected chi connectivity index (χ1v) is 14.3. The number of amidine groups is 1. The fourth-order valence-corrected chi connectivity index (χ4v) is 5.39. The van der Waals surface area contributed by atoms with E-state index in [1.807, 2.05) is 30.3 Å². The Morgan fingerprint density at radius 1 is 0.950 bits per heavy atom. The number of hydrogen-bond donors (Lipinski definition) is 4. The zero-order chi connectivity index (χ0) is 28.7. The molecule has 9 nitrogen and oxygen atoms in total. The lowest BCUT2D eigenvalue weighted by Crippen LogP contribution is -2.37. The molecule has 0 spiro atoms. The molecule has 1 amide bonds. The number of anilines is 1. The maximum absolute atomic E-state index is 13.6. The second-order valence-corrected chi connectivity index (χ2v) is 11.2. The molecule has 5 N–H and O–H groups in total. The van der Waals surface area contributed by atoms with Gasteiger partial charge in [0.15, 0.2) is 11.5 Å². The van der Waals surface area contributed by atoms with Crippen molar-refractivity contribution in [2.75, 3.05) is 12.4 Å². The molecule has 0 saturated carbocycles. The summed E-state index contributed by atoms with van der Waals surface area (Å²) in [5, 5.41) is 10.7. The van der Waals surface area contributed by atoms with Crippen LogP contribution in [0.1, 0.15) is 22.7 Å². The molecule has 0 bridgehead atoms. The number of methoxy groups -OCH3 is 1. The quantitative estimate of drug-likeness (QED) is 0.136.